The average Bonchev–Trinajstić information content (AvgIpc) is 2.79. The van der Waals surface area contributed by atoms with Crippen LogP contribution in [-0.2, 0) is 9.53 Å². The molecule has 18 heavy (non-hydrogen) atoms. The van der Waals surface area contributed by atoms with Crippen LogP contribution in [0, 0.1) is 0 Å². The Morgan fingerprint density at radius 1 is 1.17 bits per heavy atom. The fourth-order valence-corrected chi connectivity index (χ4v) is 1.90. The lowest BCUT2D eigenvalue weighted by Gasteiger charge is -2.00. The number of methoxy groups -OCH3 is 1. The molecule has 100 valence electrons. The Hall–Kier alpha value is -1.10. The molecule has 0 saturated carbocycles. The SMILES string of the molecule is COC(=O)CCCCCCC(=O)c1ccc(Br)o1. The van der Waals surface area contributed by atoms with Gasteiger partial charge in [-0.25, -0.2) is 0 Å². The van der Waals surface area contributed by atoms with Crippen molar-refractivity contribution in [3.05, 3.63) is 22.6 Å². The summed E-state index contributed by atoms with van der Waals surface area (Å²) in [5.74, 6) is 0.247. The molecule has 1 rings (SSSR count). The van der Waals surface area contributed by atoms with Crippen LogP contribution in [0.3, 0.4) is 0 Å². The number of rotatable bonds is 8. The Morgan fingerprint density at radius 2 is 1.83 bits per heavy atom. The normalized spacial score (nSPS) is 10.3. The van der Waals surface area contributed by atoms with E-state index < -0.39 is 0 Å². The maximum atomic E-state index is 11.7. The van der Waals surface area contributed by atoms with Crippen molar-refractivity contribution in [1.29, 1.82) is 0 Å². The molecule has 0 N–H and O–H groups in total. The monoisotopic (exact) mass is 316 g/mol. The molecule has 0 aliphatic rings. The van der Waals surface area contributed by atoms with Gasteiger partial charge in [-0.3, -0.25) is 9.59 Å². The fraction of sp³-hybridized carbons (Fsp3) is 0.538. The van der Waals surface area contributed by atoms with Crippen LogP contribution < -0.4 is 0 Å². The molecule has 1 aromatic rings. The van der Waals surface area contributed by atoms with Gasteiger partial charge in [-0.05, 0) is 40.9 Å². The molecule has 1 aromatic heterocycles. The van der Waals surface area contributed by atoms with E-state index in [2.05, 4.69) is 20.7 Å². The van der Waals surface area contributed by atoms with Gasteiger partial charge in [0.1, 0.15) is 0 Å². The Bertz CT molecular complexity index is 397. The zero-order valence-corrected chi connectivity index (χ0v) is 12.0. The fourth-order valence-electron chi connectivity index (χ4n) is 1.60. The Balaban J connectivity index is 2.08. The van der Waals surface area contributed by atoms with E-state index in [1.54, 1.807) is 12.1 Å². The molecule has 5 heteroatoms. The van der Waals surface area contributed by atoms with E-state index >= 15 is 0 Å². The molecule has 0 aliphatic carbocycles. The van der Waals surface area contributed by atoms with Gasteiger partial charge in [-0.1, -0.05) is 12.8 Å². The Kier molecular flexibility index (Phi) is 6.72. The molecule has 0 bridgehead atoms. The zero-order valence-electron chi connectivity index (χ0n) is 10.4. The Labute approximate surface area is 115 Å². The van der Waals surface area contributed by atoms with Crippen LogP contribution in [0.5, 0.6) is 0 Å². The Morgan fingerprint density at radius 3 is 2.39 bits per heavy atom. The maximum absolute atomic E-state index is 11.7. The number of hydrogen-bond acceptors (Lipinski definition) is 4. The standard InChI is InChI=1S/C13H17BrO4/c1-17-13(16)7-5-3-2-4-6-10(15)11-8-9-12(14)18-11/h8-9H,2-7H2,1H3. The highest BCUT2D eigenvalue weighted by atomic mass is 79.9. The van der Waals surface area contributed by atoms with E-state index in [-0.39, 0.29) is 11.8 Å². The maximum Gasteiger partial charge on any atom is 0.305 e. The first-order chi connectivity index (χ1) is 8.63. The molecule has 0 atom stereocenters. The summed E-state index contributed by atoms with van der Waals surface area (Å²) in [5.41, 5.74) is 0. The van der Waals surface area contributed by atoms with E-state index in [9.17, 15) is 9.59 Å². The average molecular weight is 317 g/mol. The highest BCUT2D eigenvalue weighted by Gasteiger charge is 2.09. The molecule has 0 amide bonds. The van der Waals surface area contributed by atoms with Gasteiger partial charge in [0.2, 0.25) is 0 Å². The third kappa shape index (κ3) is 5.49. The third-order valence-corrected chi connectivity index (χ3v) is 3.04. The van der Waals surface area contributed by atoms with Crippen LogP contribution in [0.15, 0.2) is 21.2 Å². The van der Waals surface area contributed by atoms with Crippen molar-refractivity contribution in [2.75, 3.05) is 7.11 Å². The van der Waals surface area contributed by atoms with E-state index in [0.29, 0.717) is 23.3 Å². The number of unbranched alkanes of at least 4 members (excludes halogenated alkanes) is 3. The minimum atomic E-state index is -0.175. The summed E-state index contributed by atoms with van der Waals surface area (Å²) in [4.78, 5) is 22.5. The van der Waals surface area contributed by atoms with Crippen molar-refractivity contribution in [2.45, 2.75) is 38.5 Å². The summed E-state index contributed by atoms with van der Waals surface area (Å²) in [6.07, 6.45) is 4.44. The first-order valence-electron chi connectivity index (χ1n) is 5.99. The number of halogens is 1. The number of carbonyl (C=O) groups is 2. The zero-order chi connectivity index (χ0) is 13.4. The second-order valence-electron chi connectivity index (χ2n) is 4.02. The topological polar surface area (TPSA) is 56.5 Å². The van der Waals surface area contributed by atoms with Crippen molar-refractivity contribution < 1.29 is 18.7 Å². The van der Waals surface area contributed by atoms with Gasteiger partial charge in [0.25, 0.3) is 0 Å². The molecule has 0 saturated heterocycles. The summed E-state index contributed by atoms with van der Waals surface area (Å²) in [6, 6.07) is 3.38. The van der Waals surface area contributed by atoms with Crippen LogP contribution in [-0.4, -0.2) is 18.9 Å². The largest absolute Gasteiger partial charge is 0.469 e. The van der Waals surface area contributed by atoms with Crippen molar-refractivity contribution in [3.63, 3.8) is 0 Å². The lowest BCUT2D eigenvalue weighted by molar-refractivity contribution is -0.140. The van der Waals surface area contributed by atoms with Crippen molar-refractivity contribution >= 4 is 27.7 Å². The minimum absolute atomic E-state index is 0.0219. The van der Waals surface area contributed by atoms with Gasteiger partial charge < -0.3 is 9.15 Å². The second-order valence-corrected chi connectivity index (χ2v) is 4.80. The molecular formula is C13H17BrO4. The van der Waals surface area contributed by atoms with E-state index in [1.807, 2.05) is 0 Å². The summed E-state index contributed by atoms with van der Waals surface area (Å²) in [6.45, 7) is 0. The molecule has 0 aliphatic heterocycles. The molecule has 4 nitrogen and oxygen atoms in total. The first-order valence-corrected chi connectivity index (χ1v) is 6.78. The molecular weight excluding hydrogens is 300 g/mol. The highest BCUT2D eigenvalue weighted by molar-refractivity contribution is 9.10. The van der Waals surface area contributed by atoms with Gasteiger partial charge >= 0.3 is 5.97 Å². The molecule has 0 aromatic carbocycles. The lowest BCUT2D eigenvalue weighted by atomic mass is 10.1. The summed E-state index contributed by atoms with van der Waals surface area (Å²) in [7, 11) is 1.39. The van der Waals surface area contributed by atoms with Crippen molar-refractivity contribution in [3.8, 4) is 0 Å². The quantitative estimate of drug-likeness (QED) is 0.416. The van der Waals surface area contributed by atoms with Gasteiger partial charge in [0.05, 0.1) is 7.11 Å². The number of Topliss-reactive ketones (excluding diaryl/α,β-unsaturated/α-hetero) is 1. The van der Waals surface area contributed by atoms with E-state index in [1.165, 1.54) is 7.11 Å². The van der Waals surface area contributed by atoms with Crippen LogP contribution in [0.1, 0.15) is 49.1 Å². The summed E-state index contributed by atoms with van der Waals surface area (Å²) in [5, 5.41) is 0. The second kappa shape index (κ2) is 8.08. The predicted molar refractivity (Wildman–Crippen MR) is 70.5 cm³/mol. The first kappa shape index (κ1) is 15.0. The summed E-state index contributed by atoms with van der Waals surface area (Å²) >= 11 is 3.16. The van der Waals surface area contributed by atoms with Crippen LogP contribution >= 0.6 is 15.9 Å². The number of hydrogen-bond donors (Lipinski definition) is 0. The van der Waals surface area contributed by atoms with E-state index in [4.69, 9.17) is 4.42 Å². The van der Waals surface area contributed by atoms with E-state index in [0.717, 1.165) is 25.7 Å². The van der Waals surface area contributed by atoms with Crippen LogP contribution in [0.2, 0.25) is 0 Å². The number of ketones is 1. The molecule has 0 unspecified atom stereocenters. The van der Waals surface area contributed by atoms with Crippen molar-refractivity contribution in [2.24, 2.45) is 0 Å². The third-order valence-electron chi connectivity index (χ3n) is 2.61. The number of furan rings is 1. The molecule has 0 spiro atoms. The number of esters is 1. The van der Waals surface area contributed by atoms with Crippen LogP contribution in [0.4, 0.5) is 0 Å². The van der Waals surface area contributed by atoms with Gasteiger partial charge in [-0.2, -0.15) is 0 Å². The van der Waals surface area contributed by atoms with Crippen molar-refractivity contribution in [1.82, 2.24) is 0 Å². The van der Waals surface area contributed by atoms with Crippen LogP contribution in [0.25, 0.3) is 0 Å². The molecule has 0 radical (unpaired) electrons. The van der Waals surface area contributed by atoms with Gasteiger partial charge in [-0.15, -0.1) is 0 Å². The summed E-state index contributed by atoms with van der Waals surface area (Å²) < 4.78 is 10.3. The predicted octanol–water partition coefficient (Wildman–Crippen LogP) is 3.74. The number of ether oxygens (including phenoxy) is 1. The van der Waals surface area contributed by atoms with Gasteiger partial charge in [0, 0.05) is 12.8 Å². The number of carbonyl (C=O) groups excluding carboxylic acids is 2. The van der Waals surface area contributed by atoms with Gasteiger partial charge in [0.15, 0.2) is 16.2 Å². The minimum Gasteiger partial charge on any atom is -0.469 e. The lowest BCUT2D eigenvalue weighted by Crippen LogP contribution is -2.00. The molecule has 0 fully saturated rings. The molecule has 1 heterocycles. The highest BCUT2D eigenvalue weighted by Crippen LogP contribution is 2.17. The smallest absolute Gasteiger partial charge is 0.305 e.